The molecule has 3 rings (SSSR count). The second-order valence-corrected chi connectivity index (χ2v) is 7.75. The molecule has 2 N–H and O–H groups in total. The Kier molecular flexibility index (Phi) is 5.52. The molecule has 0 bridgehead atoms. The molecule has 0 unspecified atom stereocenters. The summed E-state index contributed by atoms with van der Waals surface area (Å²) in [5.41, 5.74) is 2.47. The van der Waals surface area contributed by atoms with Crippen LogP contribution in [0.2, 0.25) is 0 Å². The third-order valence-electron chi connectivity index (χ3n) is 4.04. The molecule has 3 aromatic rings. The maximum absolute atomic E-state index is 12.5. The van der Waals surface area contributed by atoms with Crippen LogP contribution in [-0.2, 0) is 16.6 Å². The summed E-state index contributed by atoms with van der Waals surface area (Å²) >= 11 is 0. The summed E-state index contributed by atoms with van der Waals surface area (Å²) in [4.78, 5) is 12.6. The van der Waals surface area contributed by atoms with Crippen molar-refractivity contribution in [2.24, 2.45) is 0 Å². The summed E-state index contributed by atoms with van der Waals surface area (Å²) in [5.74, 6) is -0.303. The number of benzene rings is 2. The molecule has 2 aromatic carbocycles. The van der Waals surface area contributed by atoms with Crippen molar-refractivity contribution < 1.29 is 13.2 Å². The number of carbonyl (C=O) groups excluding carboxylic acids is 1. The number of aromatic nitrogens is 3. The fourth-order valence-corrected chi connectivity index (χ4v) is 3.72. The standard InChI is InChI=1S/C18H21N5O3S/c1-3-11-19-27(25,26)15-8-6-14(7-9-15)20-18(24)13-5-10-17-16(12-13)21-22-23(17)4-2/h5-10,12,19H,3-4,11H2,1-2H3,(H,20,24). The van der Waals surface area contributed by atoms with Crippen LogP contribution < -0.4 is 10.0 Å². The third-order valence-corrected chi connectivity index (χ3v) is 5.52. The molecule has 1 aromatic heterocycles. The first kappa shape index (κ1) is 19.0. The third kappa shape index (κ3) is 4.15. The average Bonchev–Trinajstić information content (AvgIpc) is 3.09. The summed E-state index contributed by atoms with van der Waals surface area (Å²) in [6.45, 7) is 4.94. The largest absolute Gasteiger partial charge is 0.322 e. The number of hydrogen-bond donors (Lipinski definition) is 2. The van der Waals surface area contributed by atoms with Crippen LogP contribution in [0.25, 0.3) is 11.0 Å². The summed E-state index contributed by atoms with van der Waals surface area (Å²) in [6, 6.07) is 11.2. The lowest BCUT2D eigenvalue weighted by atomic mass is 10.2. The minimum atomic E-state index is -3.52. The summed E-state index contributed by atoms with van der Waals surface area (Å²) in [7, 11) is -3.52. The Balaban J connectivity index is 1.74. The molecule has 9 heteroatoms. The Morgan fingerprint density at radius 1 is 1.11 bits per heavy atom. The molecule has 0 fully saturated rings. The Labute approximate surface area is 157 Å². The zero-order valence-electron chi connectivity index (χ0n) is 15.1. The van der Waals surface area contributed by atoms with Gasteiger partial charge in [-0.1, -0.05) is 12.1 Å². The molecule has 1 amide bonds. The SMILES string of the molecule is CCCNS(=O)(=O)c1ccc(NC(=O)c2ccc3c(c2)nnn3CC)cc1. The van der Waals surface area contributed by atoms with Crippen molar-refractivity contribution in [2.75, 3.05) is 11.9 Å². The van der Waals surface area contributed by atoms with Crippen molar-refractivity contribution in [1.29, 1.82) is 0 Å². The molecule has 0 saturated heterocycles. The van der Waals surface area contributed by atoms with Crippen LogP contribution in [-0.4, -0.2) is 35.9 Å². The molecule has 27 heavy (non-hydrogen) atoms. The van der Waals surface area contributed by atoms with Crippen molar-refractivity contribution in [3.63, 3.8) is 0 Å². The lowest BCUT2D eigenvalue weighted by Gasteiger charge is -2.08. The van der Waals surface area contributed by atoms with E-state index in [4.69, 9.17) is 0 Å². The van der Waals surface area contributed by atoms with E-state index in [-0.39, 0.29) is 10.8 Å². The Morgan fingerprint density at radius 3 is 2.52 bits per heavy atom. The Morgan fingerprint density at radius 2 is 1.85 bits per heavy atom. The van der Waals surface area contributed by atoms with Crippen molar-refractivity contribution >= 4 is 32.7 Å². The number of aryl methyl sites for hydroxylation is 1. The lowest BCUT2D eigenvalue weighted by molar-refractivity contribution is 0.102. The topological polar surface area (TPSA) is 106 Å². The van der Waals surface area contributed by atoms with Crippen LogP contribution in [0.5, 0.6) is 0 Å². The van der Waals surface area contributed by atoms with Crippen LogP contribution >= 0.6 is 0 Å². The van der Waals surface area contributed by atoms with E-state index < -0.39 is 10.0 Å². The van der Waals surface area contributed by atoms with Gasteiger partial charge in [-0.05, 0) is 55.8 Å². The van der Waals surface area contributed by atoms with Gasteiger partial charge in [0, 0.05) is 24.3 Å². The molecule has 0 aliphatic rings. The van der Waals surface area contributed by atoms with Gasteiger partial charge in [0.2, 0.25) is 10.0 Å². The van der Waals surface area contributed by atoms with E-state index in [0.717, 1.165) is 5.52 Å². The number of amides is 1. The maximum atomic E-state index is 12.5. The number of fused-ring (bicyclic) bond motifs is 1. The van der Waals surface area contributed by atoms with Crippen molar-refractivity contribution in [3.8, 4) is 0 Å². The zero-order chi connectivity index (χ0) is 19.4. The Hall–Kier alpha value is -2.78. The smallest absolute Gasteiger partial charge is 0.255 e. The molecule has 0 aliphatic heterocycles. The van der Waals surface area contributed by atoms with Gasteiger partial charge in [0.05, 0.1) is 10.4 Å². The quantitative estimate of drug-likeness (QED) is 0.647. The number of hydrogen-bond acceptors (Lipinski definition) is 5. The second kappa shape index (κ2) is 7.85. The molecule has 0 saturated carbocycles. The number of anilines is 1. The molecule has 1 heterocycles. The van der Waals surface area contributed by atoms with E-state index in [2.05, 4.69) is 20.4 Å². The van der Waals surface area contributed by atoms with Crippen LogP contribution in [0.4, 0.5) is 5.69 Å². The van der Waals surface area contributed by atoms with E-state index in [9.17, 15) is 13.2 Å². The molecule has 0 aliphatic carbocycles. The number of carbonyl (C=O) groups is 1. The lowest BCUT2D eigenvalue weighted by Crippen LogP contribution is -2.24. The number of nitrogens with one attached hydrogen (secondary N) is 2. The monoisotopic (exact) mass is 387 g/mol. The summed E-state index contributed by atoms with van der Waals surface area (Å²) in [6.07, 6.45) is 0.712. The van der Waals surface area contributed by atoms with Gasteiger partial charge < -0.3 is 5.32 Å². The fraction of sp³-hybridized carbons (Fsp3) is 0.278. The van der Waals surface area contributed by atoms with Crippen molar-refractivity contribution in [1.82, 2.24) is 19.7 Å². The highest BCUT2D eigenvalue weighted by Crippen LogP contribution is 2.17. The number of nitrogens with zero attached hydrogens (tertiary/aromatic N) is 3. The van der Waals surface area contributed by atoms with Gasteiger partial charge in [0.25, 0.3) is 5.91 Å². The molecule has 0 radical (unpaired) electrons. The summed E-state index contributed by atoms with van der Waals surface area (Å²) in [5, 5.41) is 10.8. The first-order chi connectivity index (χ1) is 12.9. The van der Waals surface area contributed by atoms with E-state index in [1.54, 1.807) is 28.9 Å². The predicted molar refractivity (Wildman–Crippen MR) is 103 cm³/mol. The molecule has 8 nitrogen and oxygen atoms in total. The highest BCUT2D eigenvalue weighted by atomic mass is 32.2. The molecular weight excluding hydrogens is 366 g/mol. The van der Waals surface area contributed by atoms with Crippen molar-refractivity contribution in [2.45, 2.75) is 31.7 Å². The Bertz CT molecular complexity index is 1060. The van der Waals surface area contributed by atoms with Crippen LogP contribution in [0, 0.1) is 0 Å². The van der Waals surface area contributed by atoms with Gasteiger partial charge in [0.15, 0.2) is 0 Å². The molecule has 0 atom stereocenters. The van der Waals surface area contributed by atoms with E-state index in [1.807, 2.05) is 19.9 Å². The molecule has 142 valence electrons. The first-order valence-corrected chi connectivity index (χ1v) is 10.2. The highest BCUT2D eigenvalue weighted by molar-refractivity contribution is 7.89. The van der Waals surface area contributed by atoms with Gasteiger partial charge >= 0.3 is 0 Å². The van der Waals surface area contributed by atoms with Gasteiger partial charge in [-0.3, -0.25) is 4.79 Å². The predicted octanol–water partition coefficient (Wildman–Crippen LogP) is 2.39. The van der Waals surface area contributed by atoms with Gasteiger partial charge in [-0.15, -0.1) is 5.10 Å². The second-order valence-electron chi connectivity index (χ2n) is 5.98. The normalized spacial score (nSPS) is 11.6. The van der Waals surface area contributed by atoms with Gasteiger partial charge in [-0.25, -0.2) is 17.8 Å². The van der Waals surface area contributed by atoms with Crippen LogP contribution in [0.15, 0.2) is 47.4 Å². The average molecular weight is 387 g/mol. The summed E-state index contributed by atoms with van der Waals surface area (Å²) < 4.78 is 28.4. The number of rotatable bonds is 7. The van der Waals surface area contributed by atoms with E-state index in [1.165, 1.54) is 12.1 Å². The minimum Gasteiger partial charge on any atom is -0.322 e. The van der Waals surface area contributed by atoms with Crippen LogP contribution in [0.3, 0.4) is 0 Å². The maximum Gasteiger partial charge on any atom is 0.255 e. The van der Waals surface area contributed by atoms with Gasteiger partial charge in [-0.2, -0.15) is 0 Å². The van der Waals surface area contributed by atoms with E-state index in [0.29, 0.717) is 36.3 Å². The molecule has 0 spiro atoms. The molecular formula is C18H21N5O3S. The van der Waals surface area contributed by atoms with Crippen LogP contribution in [0.1, 0.15) is 30.6 Å². The fourth-order valence-electron chi connectivity index (χ4n) is 2.59. The zero-order valence-corrected chi connectivity index (χ0v) is 16.0. The van der Waals surface area contributed by atoms with Crippen molar-refractivity contribution in [3.05, 3.63) is 48.0 Å². The minimum absolute atomic E-state index is 0.159. The number of sulfonamides is 1. The highest BCUT2D eigenvalue weighted by Gasteiger charge is 2.14. The van der Waals surface area contributed by atoms with E-state index >= 15 is 0 Å². The van der Waals surface area contributed by atoms with Gasteiger partial charge in [0.1, 0.15) is 5.52 Å². The first-order valence-electron chi connectivity index (χ1n) is 8.69.